The van der Waals surface area contributed by atoms with Gasteiger partial charge in [0.1, 0.15) is 11.5 Å². The third-order valence-corrected chi connectivity index (χ3v) is 2.73. The molecule has 0 atom stereocenters. The zero-order valence-corrected chi connectivity index (χ0v) is 10.6. The second-order valence-corrected chi connectivity index (χ2v) is 4.17. The third-order valence-electron chi connectivity index (χ3n) is 2.73. The van der Waals surface area contributed by atoms with Crippen LogP contribution in [0, 0.1) is 17.1 Å². The molecule has 0 aliphatic heterocycles. The molecule has 0 spiro atoms. The lowest BCUT2D eigenvalue weighted by Gasteiger charge is -2.05. The number of carbonyl (C=O) groups is 1. The van der Waals surface area contributed by atoms with Crippen LogP contribution in [0.5, 0.6) is 0 Å². The Morgan fingerprint density at radius 2 is 2.05 bits per heavy atom. The minimum Gasteiger partial charge on any atom is -0.350 e. The number of carbonyl (C=O) groups excluding carboxylic acids is 1. The van der Waals surface area contributed by atoms with Crippen LogP contribution in [0.4, 0.5) is 4.39 Å². The summed E-state index contributed by atoms with van der Waals surface area (Å²) in [7, 11) is 0. The first-order valence-corrected chi connectivity index (χ1v) is 6.08. The molecule has 0 bridgehead atoms. The highest BCUT2D eigenvalue weighted by Crippen LogP contribution is 2.03. The van der Waals surface area contributed by atoms with Crippen LogP contribution in [0.1, 0.15) is 21.6 Å². The summed E-state index contributed by atoms with van der Waals surface area (Å²) in [6, 6.07) is 11.0. The Hall–Kier alpha value is -2.74. The Bertz CT molecular complexity index is 647. The van der Waals surface area contributed by atoms with E-state index < -0.39 is 0 Å². The molecule has 0 saturated heterocycles. The first-order valence-electron chi connectivity index (χ1n) is 6.08. The quantitative estimate of drug-likeness (QED) is 0.924. The standard InChI is InChI=1S/C15H12FN3O/c16-13-3-1-11(2-4-13)5-8-19-15(20)14-9-12(10-17)6-7-18-14/h1-4,6-7,9H,5,8H2,(H,19,20). The summed E-state index contributed by atoms with van der Waals surface area (Å²) in [5.41, 5.74) is 1.54. The molecular formula is C15H12FN3O. The Labute approximate surface area is 115 Å². The Kier molecular flexibility index (Phi) is 4.40. The first-order chi connectivity index (χ1) is 9.69. The van der Waals surface area contributed by atoms with E-state index in [4.69, 9.17) is 5.26 Å². The van der Waals surface area contributed by atoms with Gasteiger partial charge in [0.05, 0.1) is 11.6 Å². The zero-order chi connectivity index (χ0) is 14.4. The number of aromatic nitrogens is 1. The highest BCUT2D eigenvalue weighted by molar-refractivity contribution is 5.92. The van der Waals surface area contributed by atoms with Crippen LogP contribution in [0.15, 0.2) is 42.6 Å². The number of rotatable bonds is 4. The van der Waals surface area contributed by atoms with Crippen molar-refractivity contribution in [2.24, 2.45) is 0 Å². The van der Waals surface area contributed by atoms with Crippen molar-refractivity contribution in [1.82, 2.24) is 10.3 Å². The lowest BCUT2D eigenvalue weighted by atomic mass is 10.1. The smallest absolute Gasteiger partial charge is 0.269 e. The molecule has 1 aromatic heterocycles. The van der Waals surface area contributed by atoms with Gasteiger partial charge >= 0.3 is 0 Å². The van der Waals surface area contributed by atoms with Crippen LogP contribution in [0.25, 0.3) is 0 Å². The first kappa shape index (κ1) is 13.7. The van der Waals surface area contributed by atoms with Gasteiger partial charge in [0, 0.05) is 12.7 Å². The van der Waals surface area contributed by atoms with Crippen molar-refractivity contribution in [2.75, 3.05) is 6.54 Å². The molecule has 0 fully saturated rings. The fourth-order valence-corrected chi connectivity index (χ4v) is 1.69. The number of pyridine rings is 1. The summed E-state index contributed by atoms with van der Waals surface area (Å²) < 4.78 is 12.7. The molecule has 100 valence electrons. The normalized spacial score (nSPS) is 9.80. The van der Waals surface area contributed by atoms with Gasteiger partial charge in [-0.3, -0.25) is 9.78 Å². The van der Waals surface area contributed by atoms with E-state index in [1.165, 1.54) is 30.5 Å². The van der Waals surface area contributed by atoms with E-state index in [0.717, 1.165) is 5.56 Å². The lowest BCUT2D eigenvalue weighted by molar-refractivity contribution is 0.0949. The second kappa shape index (κ2) is 6.43. The fourth-order valence-electron chi connectivity index (χ4n) is 1.69. The highest BCUT2D eigenvalue weighted by atomic mass is 19.1. The monoisotopic (exact) mass is 269 g/mol. The van der Waals surface area contributed by atoms with E-state index in [2.05, 4.69) is 10.3 Å². The van der Waals surface area contributed by atoms with Gasteiger partial charge in [-0.15, -0.1) is 0 Å². The van der Waals surface area contributed by atoms with E-state index in [1.807, 2.05) is 6.07 Å². The van der Waals surface area contributed by atoms with Crippen LogP contribution >= 0.6 is 0 Å². The molecular weight excluding hydrogens is 257 g/mol. The lowest BCUT2D eigenvalue weighted by Crippen LogP contribution is -2.26. The largest absolute Gasteiger partial charge is 0.350 e. The highest BCUT2D eigenvalue weighted by Gasteiger charge is 2.07. The van der Waals surface area contributed by atoms with E-state index in [-0.39, 0.29) is 17.4 Å². The van der Waals surface area contributed by atoms with Crippen molar-refractivity contribution in [3.05, 3.63) is 65.2 Å². The molecule has 0 aliphatic rings. The predicted molar refractivity (Wildman–Crippen MR) is 71.4 cm³/mol. The molecule has 0 radical (unpaired) electrons. The van der Waals surface area contributed by atoms with Gasteiger partial charge in [-0.25, -0.2) is 4.39 Å². The number of nitrogens with zero attached hydrogens (tertiary/aromatic N) is 2. The number of nitrogens with one attached hydrogen (secondary N) is 1. The number of nitriles is 1. The summed E-state index contributed by atoms with van der Waals surface area (Å²) in [6.45, 7) is 0.420. The van der Waals surface area contributed by atoms with Gasteiger partial charge in [0.15, 0.2) is 0 Å². The third kappa shape index (κ3) is 3.62. The molecule has 2 aromatic rings. The zero-order valence-electron chi connectivity index (χ0n) is 10.6. The van der Waals surface area contributed by atoms with E-state index in [0.29, 0.717) is 18.5 Å². The molecule has 0 unspecified atom stereocenters. The number of hydrogen-bond acceptors (Lipinski definition) is 3. The molecule has 5 heteroatoms. The van der Waals surface area contributed by atoms with Crippen molar-refractivity contribution < 1.29 is 9.18 Å². The minimum atomic E-state index is -0.329. The van der Waals surface area contributed by atoms with Crippen LogP contribution < -0.4 is 5.32 Å². The number of amides is 1. The molecule has 1 heterocycles. The van der Waals surface area contributed by atoms with Crippen molar-refractivity contribution in [3.63, 3.8) is 0 Å². The van der Waals surface area contributed by atoms with Gasteiger partial charge in [0.2, 0.25) is 0 Å². The van der Waals surface area contributed by atoms with E-state index in [1.54, 1.807) is 12.1 Å². The molecule has 4 nitrogen and oxygen atoms in total. The number of hydrogen-bond donors (Lipinski definition) is 1. The van der Waals surface area contributed by atoms with Crippen LogP contribution in [0.2, 0.25) is 0 Å². The average Bonchev–Trinajstić information content (AvgIpc) is 2.49. The maximum absolute atomic E-state index is 12.7. The maximum atomic E-state index is 12.7. The van der Waals surface area contributed by atoms with Crippen LogP contribution in [0.3, 0.4) is 0 Å². The van der Waals surface area contributed by atoms with Crippen LogP contribution in [-0.4, -0.2) is 17.4 Å². The molecule has 0 saturated carbocycles. The molecule has 1 amide bonds. The number of halogens is 1. The van der Waals surface area contributed by atoms with Gasteiger partial charge in [-0.1, -0.05) is 12.1 Å². The average molecular weight is 269 g/mol. The topological polar surface area (TPSA) is 65.8 Å². The van der Waals surface area contributed by atoms with Gasteiger partial charge in [-0.2, -0.15) is 5.26 Å². The molecule has 1 aromatic carbocycles. The van der Waals surface area contributed by atoms with Gasteiger partial charge in [-0.05, 0) is 36.2 Å². The van der Waals surface area contributed by atoms with Gasteiger partial charge < -0.3 is 5.32 Å². The molecule has 0 aliphatic carbocycles. The van der Waals surface area contributed by atoms with Gasteiger partial charge in [0.25, 0.3) is 5.91 Å². The SMILES string of the molecule is N#Cc1ccnc(C(=O)NCCc2ccc(F)cc2)c1. The fraction of sp³-hybridized carbons (Fsp3) is 0.133. The summed E-state index contributed by atoms with van der Waals surface area (Å²) in [4.78, 5) is 15.7. The number of benzene rings is 1. The van der Waals surface area contributed by atoms with E-state index in [9.17, 15) is 9.18 Å². The Morgan fingerprint density at radius 1 is 1.30 bits per heavy atom. The van der Waals surface area contributed by atoms with Crippen molar-refractivity contribution in [3.8, 4) is 6.07 Å². The Morgan fingerprint density at radius 3 is 2.75 bits per heavy atom. The predicted octanol–water partition coefficient (Wildman–Crippen LogP) is 2.06. The summed E-state index contributed by atoms with van der Waals surface area (Å²) >= 11 is 0. The van der Waals surface area contributed by atoms with Crippen molar-refractivity contribution in [2.45, 2.75) is 6.42 Å². The second-order valence-electron chi connectivity index (χ2n) is 4.17. The summed E-state index contributed by atoms with van der Waals surface area (Å²) in [5, 5.41) is 11.5. The summed E-state index contributed by atoms with van der Waals surface area (Å²) in [5.74, 6) is -0.612. The maximum Gasteiger partial charge on any atom is 0.269 e. The minimum absolute atomic E-state index is 0.211. The molecule has 2 rings (SSSR count). The molecule has 1 N–H and O–H groups in total. The molecule has 20 heavy (non-hydrogen) atoms. The summed E-state index contributed by atoms with van der Waals surface area (Å²) in [6.07, 6.45) is 2.03. The van der Waals surface area contributed by atoms with Crippen molar-refractivity contribution >= 4 is 5.91 Å². The Balaban J connectivity index is 1.89. The van der Waals surface area contributed by atoms with Crippen LogP contribution in [-0.2, 0) is 6.42 Å². The van der Waals surface area contributed by atoms with E-state index >= 15 is 0 Å². The van der Waals surface area contributed by atoms with Crippen molar-refractivity contribution in [1.29, 1.82) is 5.26 Å².